The minimum absolute atomic E-state index is 0.119. The number of morpholine rings is 1. The minimum atomic E-state index is -1.05. The van der Waals surface area contributed by atoms with Gasteiger partial charge in [-0.05, 0) is 36.2 Å². The summed E-state index contributed by atoms with van der Waals surface area (Å²) in [6.07, 6.45) is 3.39. The number of carboxylic acid groups (broad SMARTS) is 1. The number of methoxy groups -OCH3 is 1. The molecule has 1 fully saturated rings. The van der Waals surface area contributed by atoms with Gasteiger partial charge in [0.25, 0.3) is 0 Å². The van der Waals surface area contributed by atoms with Gasteiger partial charge in [0.05, 0.1) is 31.8 Å². The van der Waals surface area contributed by atoms with E-state index in [0.717, 1.165) is 19.6 Å². The number of carboxylic acids is 1. The molecule has 1 aliphatic heterocycles. The maximum Gasteiger partial charge on any atom is 0.310 e. The molecule has 210 valence electrons. The fourth-order valence-electron chi connectivity index (χ4n) is 4.34. The lowest BCUT2D eigenvalue weighted by atomic mass is 9.87. The highest BCUT2D eigenvalue weighted by molar-refractivity contribution is 6.12. The first kappa shape index (κ1) is 29.7. The van der Waals surface area contributed by atoms with Gasteiger partial charge in [-0.1, -0.05) is 32.2 Å². The number of ether oxygens (including phenoxy) is 5. The van der Waals surface area contributed by atoms with Gasteiger partial charge in [0.2, 0.25) is 0 Å². The third-order valence-corrected chi connectivity index (χ3v) is 6.33. The fraction of sp³-hybridized carbons (Fsp3) is 0.400. The zero-order valence-corrected chi connectivity index (χ0v) is 22.6. The van der Waals surface area contributed by atoms with Crippen molar-refractivity contribution in [2.75, 3.05) is 59.8 Å². The standard InChI is InChI=1S/C30H37NO8/c1-5-13-37-22-19-24(23(7-3)30(33)34)28(27(20-22)38-14-6-2)29(32)21-8-9-25(26(18-21)35-4)39-17-12-31-10-15-36-16-11-31/h5-6,8-9,18-20,23H,1-2,7,10-17H2,3-4H3,(H,33,34). The van der Waals surface area contributed by atoms with Crippen molar-refractivity contribution in [3.63, 3.8) is 0 Å². The van der Waals surface area contributed by atoms with E-state index in [2.05, 4.69) is 18.1 Å². The molecule has 9 nitrogen and oxygen atoms in total. The Hall–Kier alpha value is -3.82. The highest BCUT2D eigenvalue weighted by Crippen LogP contribution is 2.38. The highest BCUT2D eigenvalue weighted by Gasteiger charge is 2.29. The lowest BCUT2D eigenvalue weighted by molar-refractivity contribution is -0.138. The molecule has 1 unspecified atom stereocenters. The number of aliphatic carboxylic acids is 1. The van der Waals surface area contributed by atoms with E-state index in [4.69, 9.17) is 23.7 Å². The van der Waals surface area contributed by atoms with Gasteiger partial charge in [-0.25, -0.2) is 0 Å². The van der Waals surface area contributed by atoms with Crippen molar-refractivity contribution in [2.45, 2.75) is 19.3 Å². The molecule has 1 saturated heterocycles. The van der Waals surface area contributed by atoms with Crippen LogP contribution in [0.5, 0.6) is 23.0 Å². The molecular weight excluding hydrogens is 502 g/mol. The van der Waals surface area contributed by atoms with Crippen molar-refractivity contribution in [1.29, 1.82) is 0 Å². The summed E-state index contributed by atoms with van der Waals surface area (Å²) in [5.41, 5.74) is 0.762. The van der Waals surface area contributed by atoms with Crippen LogP contribution in [0.2, 0.25) is 0 Å². The van der Waals surface area contributed by atoms with Crippen LogP contribution in [-0.2, 0) is 9.53 Å². The summed E-state index contributed by atoms with van der Waals surface area (Å²) in [5.74, 6) is -0.916. The summed E-state index contributed by atoms with van der Waals surface area (Å²) in [7, 11) is 1.51. The van der Waals surface area contributed by atoms with Crippen LogP contribution in [0.1, 0.15) is 40.7 Å². The van der Waals surface area contributed by atoms with Crippen LogP contribution in [0.3, 0.4) is 0 Å². The van der Waals surface area contributed by atoms with Crippen LogP contribution in [-0.4, -0.2) is 81.5 Å². The lowest BCUT2D eigenvalue weighted by Crippen LogP contribution is -2.38. The molecule has 39 heavy (non-hydrogen) atoms. The Balaban J connectivity index is 1.97. The molecule has 0 aliphatic carbocycles. The van der Waals surface area contributed by atoms with Crippen LogP contribution < -0.4 is 18.9 Å². The van der Waals surface area contributed by atoms with Crippen LogP contribution in [0, 0.1) is 0 Å². The number of carbonyl (C=O) groups excluding carboxylic acids is 1. The summed E-state index contributed by atoms with van der Waals surface area (Å²) >= 11 is 0. The van der Waals surface area contributed by atoms with Crippen molar-refractivity contribution in [1.82, 2.24) is 4.90 Å². The summed E-state index contributed by atoms with van der Waals surface area (Å²) in [6.45, 7) is 13.8. The number of nitrogens with zero attached hydrogens (tertiary/aromatic N) is 1. The number of ketones is 1. The molecular formula is C30H37NO8. The SMILES string of the molecule is C=CCOc1cc(OCC=C)c(C(=O)c2ccc(OCCN3CCOCC3)c(OC)c2)c(C(CC)C(=O)O)c1. The average molecular weight is 540 g/mol. The second-order valence-corrected chi connectivity index (χ2v) is 8.88. The van der Waals surface area contributed by atoms with Gasteiger partial charge in [0.15, 0.2) is 17.3 Å². The molecule has 9 heteroatoms. The number of hydrogen-bond acceptors (Lipinski definition) is 8. The molecule has 2 aromatic carbocycles. The van der Waals surface area contributed by atoms with Crippen molar-refractivity contribution in [3.05, 3.63) is 72.3 Å². The van der Waals surface area contributed by atoms with Gasteiger partial charge < -0.3 is 28.8 Å². The molecule has 0 aromatic heterocycles. The zero-order chi connectivity index (χ0) is 28.2. The summed E-state index contributed by atoms with van der Waals surface area (Å²) in [5, 5.41) is 9.96. The number of carbonyl (C=O) groups is 2. The van der Waals surface area contributed by atoms with Gasteiger partial charge in [0, 0.05) is 31.3 Å². The molecule has 0 saturated carbocycles. The van der Waals surface area contributed by atoms with Crippen molar-refractivity contribution >= 4 is 11.8 Å². The molecule has 3 rings (SSSR count). The monoisotopic (exact) mass is 539 g/mol. The maximum absolute atomic E-state index is 13.9. The summed E-state index contributed by atoms with van der Waals surface area (Å²) in [4.78, 5) is 28.4. The molecule has 2 aromatic rings. The molecule has 1 heterocycles. The van der Waals surface area contributed by atoms with Gasteiger partial charge in [0.1, 0.15) is 31.3 Å². The Morgan fingerprint density at radius 1 is 1.03 bits per heavy atom. The normalized spacial score (nSPS) is 14.2. The van der Waals surface area contributed by atoms with Crippen LogP contribution in [0.25, 0.3) is 0 Å². The molecule has 0 radical (unpaired) electrons. The lowest BCUT2D eigenvalue weighted by Gasteiger charge is -2.26. The van der Waals surface area contributed by atoms with Gasteiger partial charge >= 0.3 is 5.97 Å². The Morgan fingerprint density at radius 3 is 2.38 bits per heavy atom. The molecule has 1 atom stereocenters. The minimum Gasteiger partial charge on any atom is -0.493 e. The van der Waals surface area contributed by atoms with Crippen LogP contribution >= 0.6 is 0 Å². The van der Waals surface area contributed by atoms with E-state index in [9.17, 15) is 14.7 Å². The second-order valence-electron chi connectivity index (χ2n) is 8.88. The molecule has 0 amide bonds. The second kappa shape index (κ2) is 14.9. The quantitative estimate of drug-likeness (QED) is 0.246. The Labute approximate surface area is 229 Å². The zero-order valence-electron chi connectivity index (χ0n) is 22.6. The van der Waals surface area contributed by atoms with Crippen molar-refractivity contribution < 1.29 is 38.4 Å². The van der Waals surface area contributed by atoms with E-state index in [1.54, 1.807) is 49.4 Å². The van der Waals surface area contributed by atoms with E-state index < -0.39 is 17.7 Å². The molecule has 1 aliphatic rings. The largest absolute Gasteiger partial charge is 0.493 e. The van der Waals surface area contributed by atoms with E-state index >= 15 is 0 Å². The molecule has 0 spiro atoms. The first-order chi connectivity index (χ1) is 18.9. The summed E-state index contributed by atoms with van der Waals surface area (Å²) in [6, 6.07) is 8.08. The predicted octanol–water partition coefficient (Wildman–Crippen LogP) is 4.35. The van der Waals surface area contributed by atoms with Crippen molar-refractivity contribution in [3.8, 4) is 23.0 Å². The molecule has 1 N–H and O–H groups in total. The predicted molar refractivity (Wildman–Crippen MR) is 148 cm³/mol. The fourth-order valence-corrected chi connectivity index (χ4v) is 4.34. The first-order valence-electron chi connectivity index (χ1n) is 13.0. The Kier molecular flexibility index (Phi) is 11.4. The Morgan fingerprint density at radius 2 is 1.74 bits per heavy atom. The van der Waals surface area contributed by atoms with E-state index in [-0.39, 0.29) is 30.9 Å². The van der Waals surface area contributed by atoms with E-state index in [1.165, 1.54) is 7.11 Å². The van der Waals surface area contributed by atoms with Gasteiger partial charge in [-0.2, -0.15) is 0 Å². The van der Waals surface area contributed by atoms with Gasteiger partial charge in [-0.3, -0.25) is 14.5 Å². The summed E-state index contributed by atoms with van der Waals surface area (Å²) < 4.78 is 28.4. The highest BCUT2D eigenvalue weighted by atomic mass is 16.5. The number of hydrogen-bond donors (Lipinski definition) is 1. The first-order valence-corrected chi connectivity index (χ1v) is 13.0. The van der Waals surface area contributed by atoms with E-state index in [0.29, 0.717) is 48.2 Å². The molecule has 0 bridgehead atoms. The maximum atomic E-state index is 13.9. The number of rotatable bonds is 16. The van der Waals surface area contributed by atoms with Crippen LogP contribution in [0.4, 0.5) is 0 Å². The van der Waals surface area contributed by atoms with Crippen LogP contribution in [0.15, 0.2) is 55.6 Å². The van der Waals surface area contributed by atoms with Crippen molar-refractivity contribution in [2.24, 2.45) is 0 Å². The van der Waals surface area contributed by atoms with E-state index in [1.807, 2.05) is 0 Å². The topological polar surface area (TPSA) is 104 Å². The average Bonchev–Trinajstić information content (AvgIpc) is 2.95. The third-order valence-electron chi connectivity index (χ3n) is 6.33. The van der Waals surface area contributed by atoms with Gasteiger partial charge in [-0.15, -0.1) is 0 Å². The Bertz CT molecular complexity index is 1160. The smallest absolute Gasteiger partial charge is 0.310 e. The third kappa shape index (κ3) is 7.84. The number of benzene rings is 2.